The summed E-state index contributed by atoms with van der Waals surface area (Å²) >= 11 is 6.03. The monoisotopic (exact) mass is 300 g/mol. The largest absolute Gasteiger partial charge is 0.399 e. The zero-order valence-electron chi connectivity index (χ0n) is 11.9. The normalized spacial score (nSPS) is 13.9. The molecule has 0 spiro atoms. The SMILES string of the molecule is Cc1ccc(Cl)cc1C(=O)N1CCCc2cc(N)ccc21. The number of amides is 1. The lowest BCUT2D eigenvalue weighted by atomic mass is 9.99. The molecule has 0 radical (unpaired) electrons. The van der Waals surface area contributed by atoms with Gasteiger partial charge in [0.25, 0.3) is 5.91 Å². The molecule has 2 aromatic carbocycles. The van der Waals surface area contributed by atoms with Crippen LogP contribution < -0.4 is 10.6 Å². The Morgan fingerprint density at radius 1 is 1.24 bits per heavy atom. The van der Waals surface area contributed by atoms with Crippen molar-refractivity contribution in [1.29, 1.82) is 0 Å². The number of rotatable bonds is 1. The fraction of sp³-hybridized carbons (Fsp3) is 0.235. The Morgan fingerprint density at radius 2 is 2.05 bits per heavy atom. The predicted octanol–water partition coefficient (Wildman–Crippen LogP) is 3.82. The van der Waals surface area contributed by atoms with Crippen LogP contribution in [0.4, 0.5) is 11.4 Å². The number of nitrogen functional groups attached to an aromatic ring is 1. The topological polar surface area (TPSA) is 46.3 Å². The summed E-state index contributed by atoms with van der Waals surface area (Å²) in [6.07, 6.45) is 1.90. The van der Waals surface area contributed by atoms with E-state index in [2.05, 4.69) is 0 Å². The van der Waals surface area contributed by atoms with Crippen molar-refractivity contribution in [3.05, 3.63) is 58.1 Å². The number of fused-ring (bicyclic) bond motifs is 1. The average Bonchev–Trinajstić information content (AvgIpc) is 2.48. The van der Waals surface area contributed by atoms with Gasteiger partial charge in [-0.25, -0.2) is 0 Å². The smallest absolute Gasteiger partial charge is 0.258 e. The number of hydrogen-bond donors (Lipinski definition) is 1. The Labute approximate surface area is 129 Å². The molecule has 1 amide bonds. The molecule has 0 aromatic heterocycles. The summed E-state index contributed by atoms with van der Waals surface area (Å²) in [6.45, 7) is 2.65. The third-order valence-corrected chi connectivity index (χ3v) is 4.13. The average molecular weight is 301 g/mol. The molecule has 108 valence electrons. The van der Waals surface area contributed by atoms with E-state index in [9.17, 15) is 4.79 Å². The molecular weight excluding hydrogens is 284 g/mol. The molecule has 1 heterocycles. The highest BCUT2D eigenvalue weighted by molar-refractivity contribution is 6.31. The third-order valence-electron chi connectivity index (χ3n) is 3.90. The summed E-state index contributed by atoms with van der Waals surface area (Å²) in [6, 6.07) is 11.2. The second kappa shape index (κ2) is 5.41. The molecule has 0 saturated carbocycles. The highest BCUT2D eigenvalue weighted by Crippen LogP contribution is 2.30. The molecule has 0 bridgehead atoms. The Balaban J connectivity index is 2.02. The molecule has 1 aliphatic rings. The molecule has 3 rings (SSSR count). The number of benzene rings is 2. The van der Waals surface area contributed by atoms with Gasteiger partial charge in [0, 0.05) is 28.5 Å². The zero-order chi connectivity index (χ0) is 15.0. The van der Waals surface area contributed by atoms with Gasteiger partial charge in [-0.05, 0) is 61.2 Å². The maximum absolute atomic E-state index is 12.9. The van der Waals surface area contributed by atoms with Crippen molar-refractivity contribution in [1.82, 2.24) is 0 Å². The fourth-order valence-electron chi connectivity index (χ4n) is 2.80. The summed E-state index contributed by atoms with van der Waals surface area (Å²) in [5, 5.41) is 0.582. The lowest BCUT2D eigenvalue weighted by Gasteiger charge is -2.30. The van der Waals surface area contributed by atoms with Gasteiger partial charge in [-0.15, -0.1) is 0 Å². The van der Waals surface area contributed by atoms with Crippen molar-refractivity contribution in [2.45, 2.75) is 19.8 Å². The molecule has 0 unspecified atom stereocenters. The van der Waals surface area contributed by atoms with Crippen LogP contribution >= 0.6 is 11.6 Å². The number of hydrogen-bond acceptors (Lipinski definition) is 2. The van der Waals surface area contributed by atoms with E-state index < -0.39 is 0 Å². The quantitative estimate of drug-likeness (QED) is 0.814. The second-order valence-corrected chi connectivity index (χ2v) is 5.84. The highest BCUT2D eigenvalue weighted by Gasteiger charge is 2.24. The molecule has 3 nitrogen and oxygen atoms in total. The van der Waals surface area contributed by atoms with Crippen LogP contribution in [0.5, 0.6) is 0 Å². The second-order valence-electron chi connectivity index (χ2n) is 5.41. The van der Waals surface area contributed by atoms with E-state index in [1.54, 1.807) is 12.1 Å². The molecule has 0 atom stereocenters. The molecule has 0 aliphatic carbocycles. The first-order chi connectivity index (χ1) is 10.1. The lowest BCUT2D eigenvalue weighted by Crippen LogP contribution is -2.35. The van der Waals surface area contributed by atoms with Gasteiger partial charge >= 0.3 is 0 Å². The number of aryl methyl sites for hydroxylation is 2. The maximum atomic E-state index is 12.9. The van der Waals surface area contributed by atoms with Crippen LogP contribution in [-0.4, -0.2) is 12.5 Å². The Hall–Kier alpha value is -2.00. The number of anilines is 2. The van der Waals surface area contributed by atoms with Crippen molar-refractivity contribution >= 4 is 28.9 Å². The van der Waals surface area contributed by atoms with E-state index in [1.165, 1.54) is 0 Å². The number of nitrogens with two attached hydrogens (primary N) is 1. The van der Waals surface area contributed by atoms with E-state index >= 15 is 0 Å². The van der Waals surface area contributed by atoms with Crippen LogP contribution in [-0.2, 0) is 6.42 Å². The van der Waals surface area contributed by atoms with Crippen LogP contribution in [0.2, 0.25) is 5.02 Å². The number of halogens is 1. The summed E-state index contributed by atoms with van der Waals surface area (Å²) in [5.41, 5.74) is 10.3. The van der Waals surface area contributed by atoms with Crippen LogP contribution in [0.1, 0.15) is 27.9 Å². The minimum atomic E-state index is 0.000668. The van der Waals surface area contributed by atoms with Gasteiger partial charge < -0.3 is 10.6 Å². The number of carbonyl (C=O) groups excluding carboxylic acids is 1. The third kappa shape index (κ3) is 2.61. The van der Waals surface area contributed by atoms with Gasteiger partial charge in [-0.3, -0.25) is 4.79 Å². The Bertz CT molecular complexity index is 712. The van der Waals surface area contributed by atoms with Gasteiger partial charge in [-0.2, -0.15) is 0 Å². The van der Waals surface area contributed by atoms with E-state index in [-0.39, 0.29) is 5.91 Å². The Morgan fingerprint density at radius 3 is 2.86 bits per heavy atom. The summed E-state index contributed by atoms with van der Waals surface area (Å²) in [5.74, 6) is 0.000668. The zero-order valence-corrected chi connectivity index (χ0v) is 12.7. The van der Waals surface area contributed by atoms with Gasteiger partial charge in [0.15, 0.2) is 0 Å². The van der Waals surface area contributed by atoms with Crippen molar-refractivity contribution < 1.29 is 4.79 Å². The maximum Gasteiger partial charge on any atom is 0.258 e. The number of nitrogens with zero attached hydrogens (tertiary/aromatic N) is 1. The molecule has 0 fully saturated rings. The van der Waals surface area contributed by atoms with Gasteiger partial charge in [0.2, 0.25) is 0 Å². The van der Waals surface area contributed by atoms with Crippen molar-refractivity contribution in [3.63, 3.8) is 0 Å². The van der Waals surface area contributed by atoms with E-state index in [0.717, 1.165) is 41.9 Å². The van der Waals surface area contributed by atoms with Crippen LogP contribution in [0, 0.1) is 6.92 Å². The van der Waals surface area contributed by atoms with Crippen molar-refractivity contribution in [2.24, 2.45) is 0 Å². The van der Waals surface area contributed by atoms with Gasteiger partial charge in [-0.1, -0.05) is 17.7 Å². The van der Waals surface area contributed by atoms with Crippen molar-refractivity contribution in [2.75, 3.05) is 17.2 Å². The standard InChI is InChI=1S/C17H17ClN2O/c1-11-4-5-13(18)10-15(11)17(21)20-8-2-3-12-9-14(19)6-7-16(12)20/h4-7,9-10H,2-3,8,19H2,1H3. The molecule has 2 aromatic rings. The van der Waals surface area contributed by atoms with E-state index in [4.69, 9.17) is 17.3 Å². The first kappa shape index (κ1) is 14.0. The highest BCUT2D eigenvalue weighted by atomic mass is 35.5. The first-order valence-electron chi connectivity index (χ1n) is 7.02. The van der Waals surface area contributed by atoms with E-state index in [0.29, 0.717) is 10.6 Å². The molecule has 1 aliphatic heterocycles. The summed E-state index contributed by atoms with van der Waals surface area (Å²) in [7, 11) is 0. The number of carbonyl (C=O) groups is 1. The lowest BCUT2D eigenvalue weighted by molar-refractivity contribution is 0.0984. The van der Waals surface area contributed by atoms with Crippen LogP contribution in [0.25, 0.3) is 0 Å². The molecule has 0 saturated heterocycles. The minimum Gasteiger partial charge on any atom is -0.399 e. The van der Waals surface area contributed by atoms with E-state index in [1.807, 2.05) is 36.1 Å². The summed E-state index contributed by atoms with van der Waals surface area (Å²) in [4.78, 5) is 14.7. The first-order valence-corrected chi connectivity index (χ1v) is 7.40. The van der Waals surface area contributed by atoms with Gasteiger partial charge in [0.1, 0.15) is 0 Å². The van der Waals surface area contributed by atoms with Crippen LogP contribution in [0.3, 0.4) is 0 Å². The van der Waals surface area contributed by atoms with Gasteiger partial charge in [0.05, 0.1) is 0 Å². The van der Waals surface area contributed by atoms with Crippen molar-refractivity contribution in [3.8, 4) is 0 Å². The molecule has 21 heavy (non-hydrogen) atoms. The molecule has 4 heteroatoms. The minimum absolute atomic E-state index is 0.000668. The Kier molecular flexibility index (Phi) is 3.60. The predicted molar refractivity (Wildman–Crippen MR) is 87.0 cm³/mol. The molecule has 2 N–H and O–H groups in total. The summed E-state index contributed by atoms with van der Waals surface area (Å²) < 4.78 is 0. The molecular formula is C17H17ClN2O. The van der Waals surface area contributed by atoms with Crippen LogP contribution in [0.15, 0.2) is 36.4 Å². The fourth-order valence-corrected chi connectivity index (χ4v) is 2.97.